The predicted octanol–water partition coefficient (Wildman–Crippen LogP) is -0.529. The number of carbonyl (C=O) groups is 1. The fourth-order valence-electron chi connectivity index (χ4n) is 1.59. The van der Waals surface area contributed by atoms with Crippen LogP contribution in [0.3, 0.4) is 0 Å². The molecule has 104 valence electrons. The number of hydrogen-bond donors (Lipinski definition) is 1. The van der Waals surface area contributed by atoms with Gasteiger partial charge in [-0.2, -0.15) is 9.97 Å². The van der Waals surface area contributed by atoms with Gasteiger partial charge in [0.2, 0.25) is 5.88 Å². The van der Waals surface area contributed by atoms with Gasteiger partial charge >= 0.3 is 6.01 Å². The molecule has 1 aliphatic heterocycles. The van der Waals surface area contributed by atoms with Crippen molar-refractivity contribution in [3.8, 4) is 11.9 Å². The summed E-state index contributed by atoms with van der Waals surface area (Å²) in [5.74, 6) is -0.0557. The average molecular weight is 268 g/mol. The van der Waals surface area contributed by atoms with Gasteiger partial charge in [0.15, 0.2) is 0 Å². The molecule has 0 radical (unpaired) electrons. The Bertz CT molecular complexity index is 426. The Morgan fingerprint density at radius 1 is 1.32 bits per heavy atom. The van der Waals surface area contributed by atoms with E-state index in [2.05, 4.69) is 15.4 Å². The van der Waals surface area contributed by atoms with E-state index in [0.717, 1.165) is 0 Å². The van der Waals surface area contributed by atoms with Crippen LogP contribution >= 0.6 is 0 Å². The minimum absolute atomic E-state index is 0.0893. The highest BCUT2D eigenvalue weighted by Gasteiger charge is 2.17. The first kappa shape index (κ1) is 13.5. The van der Waals surface area contributed by atoms with Gasteiger partial charge in [0.05, 0.1) is 27.4 Å². The Morgan fingerprint density at radius 3 is 2.68 bits per heavy atom. The molecule has 0 unspecified atom stereocenters. The molecule has 0 aliphatic carbocycles. The summed E-state index contributed by atoms with van der Waals surface area (Å²) in [5, 5.41) is 1.78. The van der Waals surface area contributed by atoms with Crippen LogP contribution < -0.4 is 14.9 Å². The van der Waals surface area contributed by atoms with E-state index in [9.17, 15) is 4.79 Å². The van der Waals surface area contributed by atoms with Gasteiger partial charge in [0.1, 0.15) is 5.69 Å². The van der Waals surface area contributed by atoms with Crippen LogP contribution in [0.5, 0.6) is 11.9 Å². The van der Waals surface area contributed by atoms with Crippen molar-refractivity contribution in [2.45, 2.75) is 0 Å². The number of hydrazine groups is 1. The molecule has 0 saturated carbocycles. The molecule has 1 aromatic heterocycles. The van der Waals surface area contributed by atoms with Crippen molar-refractivity contribution >= 4 is 5.91 Å². The van der Waals surface area contributed by atoms with Gasteiger partial charge in [-0.05, 0) is 0 Å². The predicted molar refractivity (Wildman–Crippen MR) is 65.0 cm³/mol. The third kappa shape index (κ3) is 3.52. The lowest BCUT2D eigenvalue weighted by molar-refractivity contribution is 0.0124. The first-order valence-electron chi connectivity index (χ1n) is 5.83. The molecule has 0 atom stereocenters. The number of methoxy groups -OCH3 is 2. The van der Waals surface area contributed by atoms with E-state index in [4.69, 9.17) is 14.2 Å². The van der Waals surface area contributed by atoms with Crippen LogP contribution in [0.15, 0.2) is 6.07 Å². The highest BCUT2D eigenvalue weighted by Crippen LogP contribution is 2.13. The fraction of sp³-hybridized carbons (Fsp3) is 0.545. The molecule has 2 heterocycles. The first-order valence-corrected chi connectivity index (χ1v) is 5.83. The second-order valence-electron chi connectivity index (χ2n) is 3.82. The van der Waals surface area contributed by atoms with Crippen molar-refractivity contribution in [3.05, 3.63) is 11.8 Å². The van der Waals surface area contributed by atoms with Crippen molar-refractivity contribution in [2.75, 3.05) is 40.5 Å². The molecule has 1 aliphatic rings. The molecular formula is C11H16N4O4. The quantitative estimate of drug-likeness (QED) is 0.785. The number of morpholine rings is 1. The van der Waals surface area contributed by atoms with Crippen LogP contribution in [0.2, 0.25) is 0 Å². The lowest BCUT2D eigenvalue weighted by Gasteiger charge is -2.26. The monoisotopic (exact) mass is 268 g/mol. The van der Waals surface area contributed by atoms with Crippen molar-refractivity contribution in [2.24, 2.45) is 0 Å². The Balaban J connectivity index is 2.08. The number of carbonyl (C=O) groups excluding carboxylic acids is 1. The van der Waals surface area contributed by atoms with Gasteiger partial charge in [0, 0.05) is 19.2 Å². The normalized spacial score (nSPS) is 15.9. The van der Waals surface area contributed by atoms with Crippen LogP contribution in [0.25, 0.3) is 0 Å². The number of amides is 1. The summed E-state index contributed by atoms with van der Waals surface area (Å²) in [6, 6.07) is 1.55. The van der Waals surface area contributed by atoms with E-state index in [1.54, 1.807) is 5.01 Å². The Kier molecular flexibility index (Phi) is 4.48. The van der Waals surface area contributed by atoms with E-state index >= 15 is 0 Å². The molecule has 8 heteroatoms. The minimum Gasteiger partial charge on any atom is -0.481 e. The van der Waals surface area contributed by atoms with E-state index in [-0.39, 0.29) is 23.5 Å². The van der Waals surface area contributed by atoms with Gasteiger partial charge < -0.3 is 14.2 Å². The van der Waals surface area contributed by atoms with Crippen LogP contribution in [0, 0.1) is 0 Å². The Morgan fingerprint density at radius 2 is 2.05 bits per heavy atom. The van der Waals surface area contributed by atoms with Crippen LogP contribution in [-0.2, 0) is 4.74 Å². The topological polar surface area (TPSA) is 85.8 Å². The fourth-order valence-corrected chi connectivity index (χ4v) is 1.59. The van der Waals surface area contributed by atoms with Gasteiger partial charge in [-0.1, -0.05) is 0 Å². The maximum atomic E-state index is 12.1. The summed E-state index contributed by atoms with van der Waals surface area (Å²) in [6.07, 6.45) is 0. The zero-order valence-electron chi connectivity index (χ0n) is 10.9. The van der Waals surface area contributed by atoms with Crippen molar-refractivity contribution in [1.82, 2.24) is 20.4 Å². The van der Waals surface area contributed by atoms with Gasteiger partial charge in [0.25, 0.3) is 5.91 Å². The zero-order valence-corrected chi connectivity index (χ0v) is 10.9. The van der Waals surface area contributed by atoms with E-state index in [0.29, 0.717) is 26.3 Å². The second-order valence-corrected chi connectivity index (χ2v) is 3.82. The SMILES string of the molecule is COc1cc(C(=O)NN2CCOCC2)nc(OC)n1. The van der Waals surface area contributed by atoms with E-state index in [1.807, 2.05) is 0 Å². The molecule has 0 bridgehead atoms. The minimum atomic E-state index is -0.332. The Labute approximate surface area is 110 Å². The number of nitrogens with one attached hydrogen (secondary N) is 1. The molecular weight excluding hydrogens is 252 g/mol. The summed E-state index contributed by atoms with van der Waals surface area (Å²) in [7, 11) is 2.89. The molecule has 1 aromatic rings. The second kappa shape index (κ2) is 6.30. The molecule has 0 aromatic carbocycles. The standard InChI is InChI=1S/C11H16N4O4/c1-17-9-7-8(12-11(13-9)18-2)10(16)14-15-3-5-19-6-4-15/h7H,3-6H2,1-2H3,(H,14,16). The summed E-state index contributed by atoms with van der Waals surface area (Å²) >= 11 is 0. The first-order chi connectivity index (χ1) is 9.22. The molecule has 1 N–H and O–H groups in total. The van der Waals surface area contributed by atoms with Crippen molar-refractivity contribution in [1.29, 1.82) is 0 Å². The molecule has 2 rings (SSSR count). The largest absolute Gasteiger partial charge is 0.481 e. The number of rotatable bonds is 4. The highest BCUT2D eigenvalue weighted by atomic mass is 16.5. The number of ether oxygens (including phenoxy) is 3. The molecule has 1 fully saturated rings. The summed E-state index contributed by atoms with van der Waals surface area (Å²) in [6.45, 7) is 2.48. The number of nitrogens with zero attached hydrogens (tertiary/aromatic N) is 3. The zero-order chi connectivity index (χ0) is 13.7. The molecule has 1 amide bonds. The third-order valence-corrected chi connectivity index (χ3v) is 2.58. The highest BCUT2D eigenvalue weighted by molar-refractivity contribution is 5.92. The molecule has 1 saturated heterocycles. The molecule has 8 nitrogen and oxygen atoms in total. The van der Waals surface area contributed by atoms with Crippen LogP contribution in [0.4, 0.5) is 0 Å². The summed E-state index contributed by atoms with van der Waals surface area (Å²) in [5.41, 5.74) is 2.94. The smallest absolute Gasteiger partial charge is 0.320 e. The Hall–Kier alpha value is -1.93. The number of hydrogen-bond acceptors (Lipinski definition) is 7. The summed E-state index contributed by atoms with van der Waals surface area (Å²) in [4.78, 5) is 20.0. The van der Waals surface area contributed by atoms with E-state index in [1.165, 1.54) is 20.3 Å². The molecule has 0 spiro atoms. The summed E-state index contributed by atoms with van der Waals surface area (Å²) < 4.78 is 15.1. The van der Waals surface area contributed by atoms with Crippen LogP contribution in [-0.4, -0.2) is 61.4 Å². The lowest BCUT2D eigenvalue weighted by Crippen LogP contribution is -2.48. The van der Waals surface area contributed by atoms with Gasteiger partial charge in [-0.3, -0.25) is 10.2 Å². The third-order valence-electron chi connectivity index (χ3n) is 2.58. The maximum Gasteiger partial charge on any atom is 0.320 e. The molecule has 19 heavy (non-hydrogen) atoms. The average Bonchev–Trinajstić information content (AvgIpc) is 2.47. The lowest BCUT2D eigenvalue weighted by atomic mass is 10.4. The van der Waals surface area contributed by atoms with Gasteiger partial charge in [-0.25, -0.2) is 5.01 Å². The van der Waals surface area contributed by atoms with Gasteiger partial charge in [-0.15, -0.1) is 0 Å². The maximum absolute atomic E-state index is 12.1. The number of aromatic nitrogens is 2. The van der Waals surface area contributed by atoms with Crippen molar-refractivity contribution < 1.29 is 19.0 Å². The van der Waals surface area contributed by atoms with Crippen molar-refractivity contribution in [3.63, 3.8) is 0 Å². The van der Waals surface area contributed by atoms with E-state index < -0.39 is 0 Å². The van der Waals surface area contributed by atoms with Crippen LogP contribution in [0.1, 0.15) is 10.5 Å².